The molecule has 0 aliphatic heterocycles. The van der Waals surface area contributed by atoms with Crippen molar-refractivity contribution in [1.82, 2.24) is 14.9 Å². The van der Waals surface area contributed by atoms with E-state index >= 15 is 0 Å². The Bertz CT molecular complexity index is 400. The Morgan fingerprint density at radius 1 is 1.59 bits per heavy atom. The first kappa shape index (κ1) is 13.2. The highest BCUT2D eigenvalue weighted by molar-refractivity contribution is 5.94. The van der Waals surface area contributed by atoms with Crippen LogP contribution in [0.3, 0.4) is 0 Å². The van der Waals surface area contributed by atoms with E-state index in [1.165, 1.54) is 6.33 Å². The average molecular weight is 239 g/mol. The summed E-state index contributed by atoms with van der Waals surface area (Å²) in [7, 11) is 1.75. The van der Waals surface area contributed by atoms with Gasteiger partial charge in [-0.2, -0.15) is 0 Å². The van der Waals surface area contributed by atoms with Crippen LogP contribution in [0.2, 0.25) is 0 Å². The molecule has 0 aliphatic rings. The minimum absolute atomic E-state index is 0.232. The summed E-state index contributed by atoms with van der Waals surface area (Å²) in [6.45, 7) is 1.97. The number of carbonyl (C=O) groups is 2. The Morgan fingerprint density at radius 3 is 2.76 bits per heavy atom. The third kappa shape index (κ3) is 3.90. The number of aryl methyl sites for hydroxylation is 1. The van der Waals surface area contributed by atoms with E-state index in [0.29, 0.717) is 6.42 Å². The lowest BCUT2D eigenvalue weighted by Crippen LogP contribution is -2.40. The molecule has 0 saturated heterocycles. The van der Waals surface area contributed by atoms with Crippen molar-refractivity contribution in [2.24, 2.45) is 7.05 Å². The number of aliphatic carboxylic acids is 1. The summed E-state index contributed by atoms with van der Waals surface area (Å²) in [6, 6.07) is -0.843. The SMILES string of the molecule is CCCCC(NC(=O)c1cn(C)cn1)C(=O)O. The highest BCUT2D eigenvalue weighted by atomic mass is 16.4. The second-order valence-corrected chi connectivity index (χ2v) is 3.93. The molecular formula is C11H17N3O3. The third-order valence-electron chi connectivity index (χ3n) is 2.39. The molecule has 0 radical (unpaired) electrons. The van der Waals surface area contributed by atoms with Crippen LogP contribution in [0.4, 0.5) is 0 Å². The number of hydrogen-bond donors (Lipinski definition) is 2. The number of carboxylic acid groups (broad SMARTS) is 1. The maximum atomic E-state index is 11.7. The van der Waals surface area contributed by atoms with Gasteiger partial charge in [-0.1, -0.05) is 19.8 Å². The van der Waals surface area contributed by atoms with Crippen molar-refractivity contribution in [1.29, 1.82) is 0 Å². The number of carbonyl (C=O) groups excluding carboxylic acids is 1. The molecule has 1 amide bonds. The van der Waals surface area contributed by atoms with E-state index in [1.54, 1.807) is 17.8 Å². The van der Waals surface area contributed by atoms with Gasteiger partial charge < -0.3 is 15.0 Å². The number of amides is 1. The lowest BCUT2D eigenvalue weighted by molar-refractivity contribution is -0.139. The van der Waals surface area contributed by atoms with E-state index < -0.39 is 17.9 Å². The first-order valence-corrected chi connectivity index (χ1v) is 5.56. The zero-order valence-corrected chi connectivity index (χ0v) is 10.0. The van der Waals surface area contributed by atoms with E-state index in [-0.39, 0.29) is 5.69 Å². The van der Waals surface area contributed by atoms with Crippen LogP contribution in [0.5, 0.6) is 0 Å². The highest BCUT2D eigenvalue weighted by Gasteiger charge is 2.20. The molecule has 0 aromatic carbocycles. The van der Waals surface area contributed by atoms with Gasteiger partial charge in [-0.15, -0.1) is 0 Å². The lowest BCUT2D eigenvalue weighted by atomic mass is 10.1. The Hall–Kier alpha value is -1.85. The maximum Gasteiger partial charge on any atom is 0.326 e. The Balaban J connectivity index is 2.60. The van der Waals surface area contributed by atoms with Gasteiger partial charge in [0, 0.05) is 13.2 Å². The molecule has 6 nitrogen and oxygen atoms in total. The number of hydrogen-bond acceptors (Lipinski definition) is 3. The van der Waals surface area contributed by atoms with E-state index in [0.717, 1.165) is 12.8 Å². The topological polar surface area (TPSA) is 84.2 Å². The van der Waals surface area contributed by atoms with Crippen molar-refractivity contribution in [3.8, 4) is 0 Å². The van der Waals surface area contributed by atoms with Gasteiger partial charge in [-0.05, 0) is 6.42 Å². The molecular weight excluding hydrogens is 222 g/mol. The first-order chi connectivity index (χ1) is 8.04. The molecule has 94 valence electrons. The average Bonchev–Trinajstić information content (AvgIpc) is 2.70. The normalized spacial score (nSPS) is 12.1. The summed E-state index contributed by atoms with van der Waals surface area (Å²) >= 11 is 0. The molecule has 17 heavy (non-hydrogen) atoms. The number of imidazole rings is 1. The second kappa shape index (κ2) is 6.03. The molecule has 0 aliphatic carbocycles. The molecule has 6 heteroatoms. The molecule has 1 heterocycles. The summed E-state index contributed by atoms with van der Waals surface area (Å²) in [5, 5.41) is 11.4. The molecule has 2 N–H and O–H groups in total. The van der Waals surface area contributed by atoms with Crippen LogP contribution < -0.4 is 5.32 Å². The number of carboxylic acids is 1. The van der Waals surface area contributed by atoms with Crippen LogP contribution in [0.25, 0.3) is 0 Å². The largest absolute Gasteiger partial charge is 0.480 e. The molecule has 0 fully saturated rings. The van der Waals surface area contributed by atoms with Gasteiger partial charge in [0.05, 0.1) is 6.33 Å². The fraction of sp³-hybridized carbons (Fsp3) is 0.545. The van der Waals surface area contributed by atoms with Crippen molar-refractivity contribution in [3.63, 3.8) is 0 Å². The smallest absolute Gasteiger partial charge is 0.326 e. The molecule has 1 unspecified atom stereocenters. The first-order valence-electron chi connectivity index (χ1n) is 5.56. The quantitative estimate of drug-likeness (QED) is 0.768. The Labute approximate surface area is 99.7 Å². The number of rotatable bonds is 6. The van der Waals surface area contributed by atoms with Crippen molar-refractivity contribution in [2.45, 2.75) is 32.2 Å². The fourth-order valence-electron chi connectivity index (χ4n) is 1.43. The van der Waals surface area contributed by atoms with Gasteiger partial charge in [-0.3, -0.25) is 4.79 Å². The van der Waals surface area contributed by atoms with Gasteiger partial charge >= 0.3 is 5.97 Å². The molecule has 1 rings (SSSR count). The van der Waals surface area contributed by atoms with E-state index in [9.17, 15) is 9.59 Å². The highest BCUT2D eigenvalue weighted by Crippen LogP contribution is 2.03. The van der Waals surface area contributed by atoms with Gasteiger partial charge in [0.2, 0.25) is 0 Å². The van der Waals surface area contributed by atoms with Crippen molar-refractivity contribution < 1.29 is 14.7 Å². The lowest BCUT2D eigenvalue weighted by Gasteiger charge is -2.12. The fourth-order valence-corrected chi connectivity index (χ4v) is 1.43. The van der Waals surface area contributed by atoms with E-state index in [1.807, 2.05) is 6.92 Å². The molecule has 1 atom stereocenters. The van der Waals surface area contributed by atoms with Crippen LogP contribution in [0.1, 0.15) is 36.7 Å². The zero-order chi connectivity index (χ0) is 12.8. The number of unbranched alkanes of at least 4 members (excludes halogenated alkanes) is 1. The summed E-state index contributed by atoms with van der Waals surface area (Å²) < 4.78 is 1.64. The van der Waals surface area contributed by atoms with Crippen LogP contribution in [0, 0.1) is 0 Å². The van der Waals surface area contributed by atoms with E-state index in [2.05, 4.69) is 10.3 Å². The number of nitrogens with zero attached hydrogens (tertiary/aromatic N) is 2. The maximum absolute atomic E-state index is 11.7. The second-order valence-electron chi connectivity index (χ2n) is 3.93. The monoisotopic (exact) mass is 239 g/mol. The summed E-state index contributed by atoms with van der Waals surface area (Å²) in [5.74, 6) is -1.46. The molecule has 0 saturated carbocycles. The van der Waals surface area contributed by atoms with Crippen molar-refractivity contribution >= 4 is 11.9 Å². The van der Waals surface area contributed by atoms with Crippen LogP contribution in [-0.4, -0.2) is 32.6 Å². The molecule has 0 spiro atoms. The molecule has 1 aromatic heterocycles. The van der Waals surface area contributed by atoms with Gasteiger partial charge in [-0.25, -0.2) is 9.78 Å². The van der Waals surface area contributed by atoms with Crippen molar-refractivity contribution in [3.05, 3.63) is 18.2 Å². The van der Waals surface area contributed by atoms with Gasteiger partial charge in [0.1, 0.15) is 11.7 Å². The summed E-state index contributed by atoms with van der Waals surface area (Å²) in [4.78, 5) is 26.5. The Morgan fingerprint density at radius 2 is 2.29 bits per heavy atom. The molecule has 0 bridgehead atoms. The Kier molecular flexibility index (Phi) is 4.68. The summed E-state index contributed by atoms with van der Waals surface area (Å²) in [6.07, 6.45) is 5.14. The summed E-state index contributed by atoms with van der Waals surface area (Å²) in [5.41, 5.74) is 0.232. The minimum atomic E-state index is -1.01. The molecule has 1 aromatic rings. The van der Waals surface area contributed by atoms with Gasteiger partial charge in [0.15, 0.2) is 0 Å². The number of nitrogens with one attached hydrogen (secondary N) is 1. The van der Waals surface area contributed by atoms with Crippen LogP contribution in [-0.2, 0) is 11.8 Å². The number of aromatic nitrogens is 2. The predicted molar refractivity (Wildman–Crippen MR) is 61.6 cm³/mol. The standard InChI is InChI=1S/C11H17N3O3/c1-3-4-5-8(11(16)17)13-10(15)9-6-14(2)7-12-9/h6-8H,3-5H2,1-2H3,(H,13,15)(H,16,17). The predicted octanol–water partition coefficient (Wildman–Crippen LogP) is 0.793. The van der Waals surface area contributed by atoms with E-state index in [4.69, 9.17) is 5.11 Å². The minimum Gasteiger partial charge on any atom is -0.480 e. The zero-order valence-electron chi connectivity index (χ0n) is 10.0. The van der Waals surface area contributed by atoms with Gasteiger partial charge in [0.25, 0.3) is 5.91 Å². The van der Waals surface area contributed by atoms with Crippen molar-refractivity contribution in [2.75, 3.05) is 0 Å². The third-order valence-corrected chi connectivity index (χ3v) is 2.39. The van der Waals surface area contributed by atoms with Crippen LogP contribution >= 0.6 is 0 Å². The van der Waals surface area contributed by atoms with Crippen LogP contribution in [0.15, 0.2) is 12.5 Å².